The first-order valence-electron chi connectivity index (χ1n) is 6.80. The Morgan fingerprint density at radius 3 is 2.65 bits per heavy atom. The molecule has 0 radical (unpaired) electrons. The van der Waals surface area contributed by atoms with Crippen molar-refractivity contribution in [1.82, 2.24) is 10.2 Å². The lowest BCUT2D eigenvalue weighted by molar-refractivity contribution is -0.129. The summed E-state index contributed by atoms with van der Waals surface area (Å²) in [5.41, 5.74) is 0. The Balaban J connectivity index is 2.14. The molecule has 0 bridgehead atoms. The highest BCUT2D eigenvalue weighted by Gasteiger charge is 2.16. The minimum atomic E-state index is 0.334. The highest BCUT2D eigenvalue weighted by atomic mass is 32.2. The zero-order chi connectivity index (χ0) is 12.5. The predicted molar refractivity (Wildman–Crippen MR) is 75.5 cm³/mol. The molecule has 1 rings (SSSR count). The van der Waals surface area contributed by atoms with Crippen molar-refractivity contribution in [3.05, 3.63) is 0 Å². The number of nitrogens with one attached hydrogen (secondary N) is 1. The largest absolute Gasteiger partial charge is 0.342 e. The van der Waals surface area contributed by atoms with Gasteiger partial charge < -0.3 is 10.2 Å². The minimum Gasteiger partial charge on any atom is -0.342 e. The van der Waals surface area contributed by atoms with Crippen molar-refractivity contribution in [1.29, 1.82) is 0 Å². The summed E-state index contributed by atoms with van der Waals surface area (Å²) in [6.45, 7) is 4.15. The number of carbonyl (C=O) groups is 1. The van der Waals surface area contributed by atoms with Gasteiger partial charge in [0.05, 0.1) is 5.75 Å². The summed E-state index contributed by atoms with van der Waals surface area (Å²) >= 11 is 1.77. The van der Waals surface area contributed by atoms with Crippen molar-refractivity contribution in [3.63, 3.8) is 0 Å². The zero-order valence-corrected chi connectivity index (χ0v) is 12.0. The van der Waals surface area contributed by atoms with Crippen molar-refractivity contribution >= 4 is 17.7 Å². The van der Waals surface area contributed by atoms with E-state index in [9.17, 15) is 4.79 Å². The van der Waals surface area contributed by atoms with Crippen LogP contribution in [-0.4, -0.2) is 48.5 Å². The quantitative estimate of drug-likeness (QED) is 0.759. The third kappa shape index (κ3) is 5.77. The molecule has 3 nitrogen and oxygen atoms in total. The summed E-state index contributed by atoms with van der Waals surface area (Å²) in [6.07, 6.45) is 6.06. The Hall–Kier alpha value is -0.220. The standard InChI is InChI=1S/C13H26N2OS/c1-3-7-12(14-2)10-17-11-13(16)15-8-5-4-6-9-15/h12,14H,3-11H2,1-2H3. The van der Waals surface area contributed by atoms with E-state index < -0.39 is 0 Å². The maximum Gasteiger partial charge on any atom is 0.232 e. The minimum absolute atomic E-state index is 0.334. The first-order valence-corrected chi connectivity index (χ1v) is 7.96. The molecule has 1 saturated heterocycles. The third-order valence-electron chi connectivity index (χ3n) is 3.30. The van der Waals surface area contributed by atoms with Gasteiger partial charge in [0.2, 0.25) is 5.91 Å². The molecule has 0 aromatic heterocycles. The molecule has 0 aliphatic carbocycles. The summed E-state index contributed by atoms with van der Waals surface area (Å²) in [7, 11) is 2.01. The number of amides is 1. The molecule has 17 heavy (non-hydrogen) atoms. The molecule has 0 saturated carbocycles. The average Bonchev–Trinajstić information content (AvgIpc) is 2.38. The molecule has 1 aliphatic rings. The van der Waals surface area contributed by atoms with E-state index in [-0.39, 0.29) is 0 Å². The van der Waals surface area contributed by atoms with Crippen molar-refractivity contribution in [2.75, 3.05) is 31.6 Å². The lowest BCUT2D eigenvalue weighted by Crippen LogP contribution is -2.37. The van der Waals surface area contributed by atoms with Crippen LogP contribution in [0, 0.1) is 0 Å². The second kappa shape index (κ2) is 8.81. The number of thioether (sulfide) groups is 1. The number of nitrogens with zero attached hydrogens (tertiary/aromatic N) is 1. The Bertz CT molecular complexity index is 217. The van der Waals surface area contributed by atoms with Gasteiger partial charge in [-0.2, -0.15) is 11.8 Å². The first-order chi connectivity index (χ1) is 8.27. The Morgan fingerprint density at radius 2 is 2.06 bits per heavy atom. The fourth-order valence-corrected chi connectivity index (χ4v) is 3.28. The number of carbonyl (C=O) groups excluding carboxylic acids is 1. The highest BCUT2D eigenvalue weighted by molar-refractivity contribution is 7.99. The molecular formula is C13H26N2OS. The van der Waals surface area contributed by atoms with Crippen LogP contribution in [0.15, 0.2) is 0 Å². The third-order valence-corrected chi connectivity index (χ3v) is 4.39. The van der Waals surface area contributed by atoms with E-state index in [0.29, 0.717) is 17.7 Å². The molecule has 0 spiro atoms. The van der Waals surface area contributed by atoms with Crippen LogP contribution in [0.2, 0.25) is 0 Å². The molecule has 100 valence electrons. The summed E-state index contributed by atoms with van der Waals surface area (Å²) in [5.74, 6) is 2.03. The van der Waals surface area contributed by atoms with Gasteiger partial charge in [0.25, 0.3) is 0 Å². The van der Waals surface area contributed by atoms with Crippen LogP contribution in [0.4, 0.5) is 0 Å². The molecule has 1 atom stereocenters. The zero-order valence-electron chi connectivity index (χ0n) is 11.2. The van der Waals surface area contributed by atoms with Crippen molar-refractivity contribution in [3.8, 4) is 0 Å². The Morgan fingerprint density at radius 1 is 1.35 bits per heavy atom. The fraction of sp³-hybridized carbons (Fsp3) is 0.923. The van der Waals surface area contributed by atoms with Crippen LogP contribution in [0.1, 0.15) is 39.0 Å². The number of rotatable bonds is 7. The Labute approximate surface area is 110 Å². The lowest BCUT2D eigenvalue weighted by Gasteiger charge is -2.26. The van der Waals surface area contributed by atoms with Crippen molar-refractivity contribution < 1.29 is 4.79 Å². The molecule has 0 aromatic rings. The number of hydrogen-bond acceptors (Lipinski definition) is 3. The fourth-order valence-electron chi connectivity index (χ4n) is 2.18. The van der Waals surface area contributed by atoms with Crippen LogP contribution >= 0.6 is 11.8 Å². The molecular weight excluding hydrogens is 232 g/mol. The van der Waals surface area contributed by atoms with Crippen LogP contribution in [0.5, 0.6) is 0 Å². The maximum absolute atomic E-state index is 11.9. The van der Waals surface area contributed by atoms with Gasteiger partial charge in [-0.25, -0.2) is 0 Å². The molecule has 1 amide bonds. The smallest absolute Gasteiger partial charge is 0.232 e. The van der Waals surface area contributed by atoms with Gasteiger partial charge in [-0.1, -0.05) is 13.3 Å². The molecule has 1 aliphatic heterocycles. The monoisotopic (exact) mass is 258 g/mol. The van der Waals surface area contributed by atoms with E-state index in [4.69, 9.17) is 0 Å². The van der Waals surface area contributed by atoms with Gasteiger partial charge in [0.1, 0.15) is 0 Å². The van der Waals surface area contributed by atoms with Gasteiger partial charge in [-0.15, -0.1) is 0 Å². The van der Waals surface area contributed by atoms with Crippen LogP contribution < -0.4 is 5.32 Å². The summed E-state index contributed by atoms with van der Waals surface area (Å²) in [5, 5.41) is 3.31. The van der Waals surface area contributed by atoms with E-state index in [2.05, 4.69) is 12.2 Å². The van der Waals surface area contributed by atoms with Crippen molar-refractivity contribution in [2.24, 2.45) is 0 Å². The summed E-state index contributed by atoms with van der Waals surface area (Å²) < 4.78 is 0. The van der Waals surface area contributed by atoms with Crippen LogP contribution in [-0.2, 0) is 4.79 Å². The normalized spacial score (nSPS) is 18.1. The van der Waals surface area contributed by atoms with Gasteiger partial charge in [-0.3, -0.25) is 4.79 Å². The van der Waals surface area contributed by atoms with E-state index in [1.807, 2.05) is 11.9 Å². The molecule has 1 heterocycles. The second-order valence-corrected chi connectivity index (χ2v) is 5.76. The molecule has 1 fully saturated rings. The molecule has 1 N–H and O–H groups in total. The van der Waals surface area contributed by atoms with Gasteiger partial charge in [-0.05, 0) is 32.7 Å². The van der Waals surface area contributed by atoms with Gasteiger partial charge in [0, 0.05) is 24.9 Å². The Kier molecular flexibility index (Phi) is 7.69. The lowest BCUT2D eigenvalue weighted by atomic mass is 10.1. The van der Waals surface area contributed by atoms with Crippen LogP contribution in [0.3, 0.4) is 0 Å². The van der Waals surface area contributed by atoms with Gasteiger partial charge >= 0.3 is 0 Å². The highest BCUT2D eigenvalue weighted by Crippen LogP contribution is 2.12. The van der Waals surface area contributed by atoms with Gasteiger partial charge in [0.15, 0.2) is 0 Å². The van der Waals surface area contributed by atoms with Crippen molar-refractivity contribution in [2.45, 2.75) is 45.1 Å². The summed E-state index contributed by atoms with van der Waals surface area (Å²) in [6, 6.07) is 0.555. The average molecular weight is 258 g/mol. The molecule has 0 aromatic carbocycles. The number of piperidine rings is 1. The molecule has 4 heteroatoms. The topological polar surface area (TPSA) is 32.3 Å². The number of likely N-dealkylation sites (tertiary alicyclic amines) is 1. The van der Waals surface area contributed by atoms with E-state index >= 15 is 0 Å². The van der Waals surface area contributed by atoms with E-state index in [0.717, 1.165) is 18.8 Å². The second-order valence-electron chi connectivity index (χ2n) is 4.73. The predicted octanol–water partition coefficient (Wildman–Crippen LogP) is 2.12. The van der Waals surface area contributed by atoms with E-state index in [1.54, 1.807) is 11.8 Å². The van der Waals surface area contributed by atoms with Crippen LogP contribution in [0.25, 0.3) is 0 Å². The number of hydrogen-bond donors (Lipinski definition) is 1. The molecule has 1 unspecified atom stereocenters. The maximum atomic E-state index is 11.9. The van der Waals surface area contributed by atoms with E-state index in [1.165, 1.54) is 32.1 Å². The first kappa shape index (κ1) is 14.8. The summed E-state index contributed by atoms with van der Waals surface area (Å²) in [4.78, 5) is 13.9. The SMILES string of the molecule is CCCC(CSCC(=O)N1CCCCC1)NC.